The first kappa shape index (κ1) is 17.3. The second kappa shape index (κ2) is 7.45. The zero-order valence-corrected chi connectivity index (χ0v) is 13.7. The Labute approximate surface area is 139 Å². The number of hydrogen-bond acceptors (Lipinski definition) is 5. The molecule has 0 aliphatic heterocycles. The molecule has 0 saturated carbocycles. The van der Waals surface area contributed by atoms with Crippen molar-refractivity contribution >= 4 is 23.0 Å². The number of ether oxygens (including phenoxy) is 1. The van der Waals surface area contributed by atoms with Crippen LogP contribution in [0.4, 0.5) is 17.1 Å². The van der Waals surface area contributed by atoms with Gasteiger partial charge in [-0.05, 0) is 37.6 Å². The Kier molecular flexibility index (Phi) is 5.36. The summed E-state index contributed by atoms with van der Waals surface area (Å²) in [6.07, 6.45) is 0. The predicted molar refractivity (Wildman–Crippen MR) is 92.5 cm³/mol. The number of benzene rings is 2. The Morgan fingerprint density at radius 1 is 1.25 bits per heavy atom. The molecule has 126 valence electrons. The standard InChI is InChI=1S/C17H19N3O4/c1-11-5-4-6-13(9-11)18-12(2)17(21)19-15-10-14(20(22)23)7-8-16(15)24-3/h4-10,12,18H,1-3H3,(H,19,21). The van der Waals surface area contributed by atoms with Crippen molar-refractivity contribution in [2.45, 2.75) is 19.9 Å². The second-order valence-corrected chi connectivity index (χ2v) is 5.37. The summed E-state index contributed by atoms with van der Waals surface area (Å²) in [5, 5.41) is 16.6. The lowest BCUT2D eigenvalue weighted by Crippen LogP contribution is -2.32. The number of carbonyl (C=O) groups excluding carboxylic acids is 1. The van der Waals surface area contributed by atoms with Crippen LogP contribution in [0, 0.1) is 17.0 Å². The van der Waals surface area contributed by atoms with E-state index < -0.39 is 11.0 Å². The smallest absolute Gasteiger partial charge is 0.271 e. The normalized spacial score (nSPS) is 11.5. The van der Waals surface area contributed by atoms with Gasteiger partial charge in [-0.1, -0.05) is 12.1 Å². The number of anilines is 2. The molecule has 1 atom stereocenters. The van der Waals surface area contributed by atoms with Crippen LogP contribution in [-0.4, -0.2) is 24.0 Å². The number of non-ortho nitro benzene ring substituents is 1. The number of nitro benzene ring substituents is 1. The number of nitrogens with one attached hydrogen (secondary N) is 2. The number of amides is 1. The number of nitro groups is 1. The summed E-state index contributed by atoms with van der Waals surface area (Å²) in [6, 6.07) is 11.2. The molecule has 0 fully saturated rings. The van der Waals surface area contributed by atoms with E-state index in [1.807, 2.05) is 31.2 Å². The Morgan fingerprint density at radius 3 is 2.62 bits per heavy atom. The monoisotopic (exact) mass is 329 g/mol. The molecular weight excluding hydrogens is 310 g/mol. The third kappa shape index (κ3) is 4.22. The quantitative estimate of drug-likeness (QED) is 0.626. The minimum atomic E-state index is -0.532. The highest BCUT2D eigenvalue weighted by molar-refractivity contribution is 5.97. The fourth-order valence-electron chi connectivity index (χ4n) is 2.20. The van der Waals surface area contributed by atoms with Crippen LogP contribution in [0.2, 0.25) is 0 Å². The molecule has 2 aromatic carbocycles. The zero-order valence-electron chi connectivity index (χ0n) is 13.7. The van der Waals surface area contributed by atoms with Crippen LogP contribution in [0.25, 0.3) is 0 Å². The molecule has 0 spiro atoms. The van der Waals surface area contributed by atoms with Crippen LogP contribution in [0.5, 0.6) is 5.75 Å². The van der Waals surface area contributed by atoms with Gasteiger partial charge in [-0.15, -0.1) is 0 Å². The zero-order chi connectivity index (χ0) is 17.7. The van der Waals surface area contributed by atoms with E-state index >= 15 is 0 Å². The fourth-order valence-corrected chi connectivity index (χ4v) is 2.20. The van der Waals surface area contributed by atoms with Crippen LogP contribution < -0.4 is 15.4 Å². The molecule has 0 aliphatic carbocycles. The molecule has 2 rings (SSSR count). The third-order valence-electron chi connectivity index (χ3n) is 3.45. The summed E-state index contributed by atoms with van der Waals surface area (Å²) >= 11 is 0. The highest BCUT2D eigenvalue weighted by atomic mass is 16.6. The maximum atomic E-state index is 12.4. The molecule has 24 heavy (non-hydrogen) atoms. The summed E-state index contributed by atoms with van der Waals surface area (Å²) in [4.78, 5) is 22.7. The van der Waals surface area contributed by atoms with Crippen LogP contribution in [0.3, 0.4) is 0 Å². The maximum absolute atomic E-state index is 12.4. The van der Waals surface area contributed by atoms with Gasteiger partial charge >= 0.3 is 0 Å². The van der Waals surface area contributed by atoms with Crippen LogP contribution >= 0.6 is 0 Å². The van der Waals surface area contributed by atoms with E-state index in [0.717, 1.165) is 11.3 Å². The Balaban J connectivity index is 2.13. The molecule has 1 amide bonds. The van der Waals surface area contributed by atoms with Crippen molar-refractivity contribution in [1.29, 1.82) is 0 Å². The van der Waals surface area contributed by atoms with E-state index in [4.69, 9.17) is 4.74 Å². The maximum Gasteiger partial charge on any atom is 0.271 e. The highest BCUT2D eigenvalue weighted by Crippen LogP contribution is 2.29. The van der Waals surface area contributed by atoms with Crippen molar-refractivity contribution in [2.75, 3.05) is 17.7 Å². The lowest BCUT2D eigenvalue weighted by atomic mass is 10.2. The number of nitrogens with zero attached hydrogens (tertiary/aromatic N) is 1. The van der Waals surface area contributed by atoms with Gasteiger partial charge in [0.05, 0.1) is 17.7 Å². The average molecular weight is 329 g/mol. The Hall–Kier alpha value is -3.09. The highest BCUT2D eigenvalue weighted by Gasteiger charge is 2.17. The first-order valence-corrected chi connectivity index (χ1v) is 7.37. The number of rotatable bonds is 6. The predicted octanol–water partition coefficient (Wildman–Crippen LogP) is 3.35. The molecule has 7 nitrogen and oxygen atoms in total. The van der Waals surface area contributed by atoms with E-state index in [9.17, 15) is 14.9 Å². The summed E-state index contributed by atoms with van der Waals surface area (Å²) in [5.41, 5.74) is 2.04. The number of methoxy groups -OCH3 is 1. The van der Waals surface area contributed by atoms with Gasteiger partial charge in [0.1, 0.15) is 11.8 Å². The van der Waals surface area contributed by atoms with Crippen molar-refractivity contribution in [2.24, 2.45) is 0 Å². The average Bonchev–Trinajstić information content (AvgIpc) is 2.54. The Morgan fingerprint density at radius 2 is 2.00 bits per heavy atom. The summed E-state index contributed by atoms with van der Waals surface area (Å²) in [5.74, 6) is 0.0343. The summed E-state index contributed by atoms with van der Waals surface area (Å²) in [7, 11) is 1.44. The van der Waals surface area contributed by atoms with E-state index in [-0.39, 0.29) is 17.3 Å². The van der Waals surface area contributed by atoms with E-state index in [2.05, 4.69) is 10.6 Å². The minimum absolute atomic E-state index is 0.120. The largest absolute Gasteiger partial charge is 0.495 e. The van der Waals surface area contributed by atoms with Crippen LogP contribution in [0.15, 0.2) is 42.5 Å². The van der Waals surface area contributed by atoms with Crippen molar-refractivity contribution in [3.8, 4) is 5.75 Å². The summed E-state index contributed by atoms with van der Waals surface area (Å²) in [6.45, 7) is 3.67. The van der Waals surface area contributed by atoms with Crippen molar-refractivity contribution in [1.82, 2.24) is 0 Å². The van der Waals surface area contributed by atoms with E-state index in [1.54, 1.807) is 6.92 Å². The van der Waals surface area contributed by atoms with Gasteiger partial charge in [0, 0.05) is 17.8 Å². The van der Waals surface area contributed by atoms with Gasteiger partial charge in [0.25, 0.3) is 5.69 Å². The fraction of sp³-hybridized carbons (Fsp3) is 0.235. The number of aryl methyl sites for hydroxylation is 1. The third-order valence-corrected chi connectivity index (χ3v) is 3.45. The molecule has 0 heterocycles. The van der Waals surface area contributed by atoms with Crippen LogP contribution in [-0.2, 0) is 4.79 Å². The first-order chi connectivity index (χ1) is 11.4. The van der Waals surface area contributed by atoms with Crippen LogP contribution in [0.1, 0.15) is 12.5 Å². The van der Waals surface area contributed by atoms with E-state index in [1.165, 1.54) is 25.3 Å². The topological polar surface area (TPSA) is 93.5 Å². The van der Waals surface area contributed by atoms with Gasteiger partial charge in [-0.25, -0.2) is 0 Å². The van der Waals surface area contributed by atoms with E-state index in [0.29, 0.717) is 5.75 Å². The van der Waals surface area contributed by atoms with Gasteiger partial charge in [-0.3, -0.25) is 14.9 Å². The second-order valence-electron chi connectivity index (χ2n) is 5.37. The molecule has 0 saturated heterocycles. The van der Waals surface area contributed by atoms with Crippen molar-refractivity contribution in [3.05, 3.63) is 58.1 Å². The van der Waals surface area contributed by atoms with Gasteiger partial charge in [0.15, 0.2) is 0 Å². The molecule has 2 N–H and O–H groups in total. The van der Waals surface area contributed by atoms with Gasteiger partial charge in [0.2, 0.25) is 5.91 Å². The molecule has 0 radical (unpaired) electrons. The molecular formula is C17H19N3O4. The minimum Gasteiger partial charge on any atom is -0.495 e. The number of carbonyl (C=O) groups is 1. The van der Waals surface area contributed by atoms with Gasteiger partial charge in [-0.2, -0.15) is 0 Å². The van der Waals surface area contributed by atoms with Crippen molar-refractivity contribution < 1.29 is 14.5 Å². The number of hydrogen-bond donors (Lipinski definition) is 2. The van der Waals surface area contributed by atoms with Gasteiger partial charge < -0.3 is 15.4 Å². The molecule has 2 aromatic rings. The molecule has 7 heteroatoms. The molecule has 0 aliphatic rings. The van der Waals surface area contributed by atoms with Crippen molar-refractivity contribution in [3.63, 3.8) is 0 Å². The molecule has 0 bridgehead atoms. The molecule has 0 aromatic heterocycles. The first-order valence-electron chi connectivity index (χ1n) is 7.37. The lowest BCUT2D eigenvalue weighted by molar-refractivity contribution is -0.384. The SMILES string of the molecule is COc1ccc([N+](=O)[O-])cc1NC(=O)C(C)Nc1cccc(C)c1. The lowest BCUT2D eigenvalue weighted by Gasteiger charge is -2.17. The molecule has 1 unspecified atom stereocenters. The Bertz CT molecular complexity index is 761. The summed E-state index contributed by atoms with van der Waals surface area (Å²) < 4.78 is 5.14.